The predicted octanol–water partition coefficient (Wildman–Crippen LogP) is 1.48. The highest BCUT2D eigenvalue weighted by atomic mass is 32.2. The van der Waals surface area contributed by atoms with Crippen LogP contribution in [-0.4, -0.2) is 50.0 Å². The van der Waals surface area contributed by atoms with Crippen LogP contribution in [0.15, 0.2) is 29.0 Å². The van der Waals surface area contributed by atoms with Crippen molar-refractivity contribution in [3.05, 3.63) is 30.4 Å². The predicted molar refractivity (Wildman–Crippen MR) is 92.3 cm³/mol. The van der Waals surface area contributed by atoms with Gasteiger partial charge in [-0.1, -0.05) is 19.0 Å². The number of hydrogen-bond acceptors (Lipinski definition) is 7. The maximum Gasteiger partial charge on any atom is 0.249 e. The summed E-state index contributed by atoms with van der Waals surface area (Å²) >= 11 is 1.51. The van der Waals surface area contributed by atoms with Crippen LogP contribution in [0.25, 0.3) is 11.4 Å². The van der Waals surface area contributed by atoms with Crippen LogP contribution in [0.5, 0.6) is 0 Å². The second-order valence-corrected chi connectivity index (χ2v) is 7.01. The zero-order valence-corrected chi connectivity index (χ0v) is 14.8. The van der Waals surface area contributed by atoms with E-state index in [0.717, 1.165) is 5.56 Å². The summed E-state index contributed by atoms with van der Waals surface area (Å²) in [5.41, 5.74) is 0.790. The Morgan fingerprint density at radius 3 is 2.80 bits per heavy atom. The number of rotatable bonds is 6. The summed E-state index contributed by atoms with van der Waals surface area (Å²) in [6, 6.07) is 3.16. The van der Waals surface area contributed by atoms with Crippen LogP contribution >= 0.6 is 11.8 Å². The van der Waals surface area contributed by atoms with Crippen LogP contribution in [0.2, 0.25) is 0 Å². The molecular weight excluding hydrogens is 342 g/mol. The van der Waals surface area contributed by atoms with Crippen LogP contribution < -0.4 is 5.32 Å². The minimum atomic E-state index is -0.416. The van der Waals surface area contributed by atoms with Crippen molar-refractivity contribution in [2.45, 2.75) is 19.9 Å². The number of carbonyl (C=O) groups excluding carboxylic acids is 2. The summed E-state index contributed by atoms with van der Waals surface area (Å²) < 4.78 is 5.35. The molecule has 0 saturated carbocycles. The highest BCUT2D eigenvalue weighted by Crippen LogP contribution is 2.23. The number of carbonyl (C=O) groups is 2. The molecule has 1 aliphatic rings. The number of nitrogens with zero attached hydrogens (tertiary/aromatic N) is 4. The molecule has 3 heterocycles. The molecule has 1 atom stereocenters. The van der Waals surface area contributed by atoms with E-state index in [0.29, 0.717) is 23.3 Å². The van der Waals surface area contributed by atoms with Gasteiger partial charge in [0.25, 0.3) is 0 Å². The van der Waals surface area contributed by atoms with Gasteiger partial charge in [-0.3, -0.25) is 14.6 Å². The number of amides is 2. The van der Waals surface area contributed by atoms with Crippen molar-refractivity contribution in [1.82, 2.24) is 25.3 Å². The van der Waals surface area contributed by atoms with Crippen molar-refractivity contribution >= 4 is 23.6 Å². The molecule has 0 spiro atoms. The second-order valence-electron chi connectivity index (χ2n) is 6.05. The van der Waals surface area contributed by atoms with E-state index in [4.69, 9.17) is 4.52 Å². The topological polar surface area (TPSA) is 101 Å². The molecule has 132 valence electrons. The Morgan fingerprint density at radius 2 is 2.16 bits per heavy atom. The van der Waals surface area contributed by atoms with Crippen molar-refractivity contribution in [2.24, 2.45) is 5.92 Å². The Hall–Kier alpha value is -2.42. The Morgan fingerprint density at radius 1 is 1.40 bits per heavy atom. The van der Waals surface area contributed by atoms with Gasteiger partial charge in [-0.05, 0) is 18.1 Å². The van der Waals surface area contributed by atoms with Crippen LogP contribution in [0.3, 0.4) is 0 Å². The number of thioether (sulfide) groups is 1. The van der Waals surface area contributed by atoms with Crippen molar-refractivity contribution in [3.63, 3.8) is 0 Å². The summed E-state index contributed by atoms with van der Waals surface area (Å²) in [6.07, 6.45) is 3.30. The van der Waals surface area contributed by atoms with Crippen molar-refractivity contribution in [2.75, 3.05) is 18.2 Å². The van der Waals surface area contributed by atoms with E-state index in [1.165, 1.54) is 16.7 Å². The molecule has 0 aliphatic carbocycles. The van der Waals surface area contributed by atoms with Gasteiger partial charge >= 0.3 is 0 Å². The molecule has 2 aromatic rings. The quantitative estimate of drug-likeness (QED) is 0.831. The minimum absolute atomic E-state index is 0.0148. The van der Waals surface area contributed by atoms with Gasteiger partial charge < -0.3 is 14.7 Å². The van der Waals surface area contributed by atoms with Crippen LogP contribution in [0, 0.1) is 5.92 Å². The maximum atomic E-state index is 12.3. The molecule has 25 heavy (non-hydrogen) atoms. The lowest BCUT2D eigenvalue weighted by molar-refractivity contribution is -0.132. The molecule has 1 saturated heterocycles. The molecule has 3 rings (SSSR count). The Bertz CT molecular complexity index is 749. The second kappa shape index (κ2) is 7.64. The average Bonchev–Trinajstić information content (AvgIpc) is 3.23. The van der Waals surface area contributed by atoms with Gasteiger partial charge in [0.15, 0.2) is 0 Å². The number of hydrogen-bond donors (Lipinski definition) is 1. The molecule has 2 amide bonds. The fourth-order valence-corrected chi connectivity index (χ4v) is 3.33. The first kappa shape index (κ1) is 17.4. The monoisotopic (exact) mass is 361 g/mol. The summed E-state index contributed by atoms with van der Waals surface area (Å²) in [5.74, 6) is 1.57. The summed E-state index contributed by atoms with van der Waals surface area (Å²) in [4.78, 5) is 33.8. The number of pyridine rings is 1. The largest absolute Gasteiger partial charge is 0.342 e. The fourth-order valence-electron chi connectivity index (χ4n) is 2.43. The fraction of sp³-hybridized carbons (Fsp3) is 0.438. The molecule has 0 radical (unpaired) electrons. The normalized spacial score (nSPS) is 15.6. The Kier molecular flexibility index (Phi) is 5.32. The SMILES string of the molecule is CC(C)[C@H](NC(=O)CN1CSCC1=O)c1nc(-c2ccncc2)no1. The standard InChI is InChI=1S/C16H19N5O3S/c1-10(2)14(18-12(22)7-21-9-25-8-13(21)23)16-19-15(20-24-16)11-3-5-17-6-4-11/h3-6,10,14H,7-9H2,1-2H3,(H,18,22)/t14-/m0/s1. The number of aromatic nitrogens is 3. The first-order valence-corrected chi connectivity index (χ1v) is 9.09. The average molecular weight is 361 g/mol. The first-order chi connectivity index (χ1) is 12.0. The lowest BCUT2D eigenvalue weighted by atomic mass is 10.0. The van der Waals surface area contributed by atoms with Crippen molar-refractivity contribution in [1.29, 1.82) is 0 Å². The Labute approximate surface area is 149 Å². The van der Waals surface area contributed by atoms with Gasteiger partial charge in [-0.25, -0.2) is 0 Å². The van der Waals surface area contributed by atoms with E-state index in [-0.39, 0.29) is 24.3 Å². The third-order valence-electron chi connectivity index (χ3n) is 3.79. The highest BCUT2D eigenvalue weighted by molar-refractivity contribution is 8.00. The lowest BCUT2D eigenvalue weighted by Gasteiger charge is -2.20. The highest BCUT2D eigenvalue weighted by Gasteiger charge is 2.28. The van der Waals surface area contributed by atoms with Crippen molar-refractivity contribution in [3.8, 4) is 11.4 Å². The van der Waals surface area contributed by atoms with E-state index >= 15 is 0 Å². The molecule has 9 heteroatoms. The number of nitrogens with one attached hydrogen (secondary N) is 1. The van der Waals surface area contributed by atoms with Gasteiger partial charge in [0, 0.05) is 18.0 Å². The van der Waals surface area contributed by atoms with E-state index in [1.807, 2.05) is 13.8 Å². The molecule has 2 aromatic heterocycles. The summed E-state index contributed by atoms with van der Waals surface area (Å²) in [7, 11) is 0. The summed E-state index contributed by atoms with van der Waals surface area (Å²) in [5, 5.41) is 6.87. The van der Waals surface area contributed by atoms with Crippen LogP contribution in [0.4, 0.5) is 0 Å². The van der Waals surface area contributed by atoms with Gasteiger partial charge in [0.1, 0.15) is 12.6 Å². The zero-order valence-electron chi connectivity index (χ0n) is 14.0. The van der Waals surface area contributed by atoms with Crippen molar-refractivity contribution < 1.29 is 14.1 Å². The zero-order chi connectivity index (χ0) is 17.8. The summed E-state index contributed by atoms with van der Waals surface area (Å²) in [6.45, 7) is 3.95. The molecule has 1 aliphatic heterocycles. The third kappa shape index (κ3) is 4.16. The molecule has 1 fully saturated rings. The molecule has 0 aromatic carbocycles. The molecule has 0 bridgehead atoms. The Balaban J connectivity index is 1.70. The van der Waals surface area contributed by atoms with E-state index in [1.54, 1.807) is 24.5 Å². The van der Waals surface area contributed by atoms with Gasteiger partial charge in [0.2, 0.25) is 23.5 Å². The molecular formula is C16H19N5O3S. The van der Waals surface area contributed by atoms with Gasteiger partial charge in [-0.15, -0.1) is 11.8 Å². The van der Waals surface area contributed by atoms with Gasteiger partial charge in [0.05, 0.1) is 11.6 Å². The lowest BCUT2D eigenvalue weighted by Crippen LogP contribution is -2.41. The smallest absolute Gasteiger partial charge is 0.249 e. The minimum Gasteiger partial charge on any atom is -0.342 e. The molecule has 1 N–H and O–H groups in total. The van der Waals surface area contributed by atoms with Gasteiger partial charge in [-0.2, -0.15) is 4.98 Å². The molecule has 0 unspecified atom stereocenters. The molecule has 8 nitrogen and oxygen atoms in total. The van der Waals surface area contributed by atoms with E-state index < -0.39 is 6.04 Å². The maximum absolute atomic E-state index is 12.3. The van der Waals surface area contributed by atoms with Crippen LogP contribution in [-0.2, 0) is 9.59 Å². The first-order valence-electron chi connectivity index (χ1n) is 7.93. The van der Waals surface area contributed by atoms with Crippen LogP contribution in [0.1, 0.15) is 25.8 Å². The van der Waals surface area contributed by atoms with E-state index in [9.17, 15) is 9.59 Å². The van der Waals surface area contributed by atoms with E-state index in [2.05, 4.69) is 20.4 Å². The third-order valence-corrected chi connectivity index (χ3v) is 4.73.